The van der Waals surface area contributed by atoms with Crippen LogP contribution in [0.5, 0.6) is 0 Å². The molecule has 1 unspecified atom stereocenters. The molecule has 0 bridgehead atoms. The molecule has 0 spiro atoms. The van der Waals surface area contributed by atoms with Crippen molar-refractivity contribution in [3.63, 3.8) is 0 Å². The predicted octanol–water partition coefficient (Wildman–Crippen LogP) is 1.31. The number of carbonyl (C=O) groups excluding carboxylic acids is 2. The molecular weight excluding hydrogens is 194 g/mol. The molecule has 1 aliphatic rings. The second kappa shape index (κ2) is 3.16. The van der Waals surface area contributed by atoms with Gasteiger partial charge in [0, 0.05) is 22.8 Å². The third-order valence-electron chi connectivity index (χ3n) is 2.31. The number of amides is 2. The number of quaternary nitrogens is 1. The first kappa shape index (κ1) is 9.33. The van der Waals surface area contributed by atoms with E-state index in [1.807, 2.05) is 12.1 Å². The predicted molar refractivity (Wildman–Crippen MR) is 55.0 cm³/mol. The second-order valence-electron chi connectivity index (χ2n) is 3.09. The molecule has 2 amide bonds. The summed E-state index contributed by atoms with van der Waals surface area (Å²) in [6, 6.07) is 6.35. The van der Waals surface area contributed by atoms with Crippen molar-refractivity contribution in [2.24, 2.45) is 10.8 Å². The first-order valence-electron chi connectivity index (χ1n) is 4.28. The zero-order chi connectivity index (χ0) is 10.9. The smallest absolute Gasteiger partial charge is 0.316 e. The molecule has 0 saturated carbocycles. The van der Waals surface area contributed by atoms with Crippen molar-refractivity contribution in [3.8, 4) is 0 Å². The van der Waals surface area contributed by atoms with E-state index in [9.17, 15) is 9.59 Å². The summed E-state index contributed by atoms with van der Waals surface area (Å²) >= 11 is 0. The number of urea groups is 1. The number of hydrogen-bond acceptors (Lipinski definition) is 3. The maximum Gasteiger partial charge on any atom is 0.451 e. The Morgan fingerprint density at radius 2 is 2.13 bits per heavy atom. The molecule has 1 atom stereocenters. The minimum absolute atomic E-state index is 0.563. The van der Waals surface area contributed by atoms with Crippen LogP contribution in [-0.4, -0.2) is 12.1 Å². The number of para-hydroxylation sites is 1. The monoisotopic (exact) mass is 202 g/mol. The maximum absolute atomic E-state index is 11.3. The van der Waals surface area contributed by atoms with Crippen molar-refractivity contribution >= 4 is 23.9 Å². The van der Waals surface area contributed by atoms with Gasteiger partial charge in [-0.05, 0) is 10.7 Å². The third kappa shape index (κ3) is 1.19. The van der Waals surface area contributed by atoms with Gasteiger partial charge in [-0.25, -0.2) is 9.59 Å². The lowest BCUT2D eigenvalue weighted by atomic mass is 10.2. The van der Waals surface area contributed by atoms with Gasteiger partial charge in [0.15, 0.2) is 5.69 Å². The lowest BCUT2D eigenvalue weighted by molar-refractivity contribution is 0.226. The highest BCUT2D eigenvalue weighted by Crippen LogP contribution is 2.35. The van der Waals surface area contributed by atoms with Crippen molar-refractivity contribution in [3.05, 3.63) is 36.0 Å². The van der Waals surface area contributed by atoms with Crippen LogP contribution in [0, 0.1) is 0 Å². The van der Waals surface area contributed by atoms with Crippen LogP contribution in [0.25, 0.3) is 6.08 Å². The quantitative estimate of drug-likeness (QED) is 0.423. The highest BCUT2D eigenvalue weighted by atomic mass is 16.2. The van der Waals surface area contributed by atoms with Gasteiger partial charge in [0.05, 0.1) is 0 Å². The fourth-order valence-electron chi connectivity index (χ4n) is 1.60. The van der Waals surface area contributed by atoms with Gasteiger partial charge >= 0.3 is 6.03 Å². The van der Waals surface area contributed by atoms with Crippen molar-refractivity contribution in [2.75, 3.05) is 0 Å². The molecule has 5 nitrogen and oxygen atoms in total. The van der Waals surface area contributed by atoms with Crippen molar-refractivity contribution in [2.45, 2.75) is 0 Å². The summed E-state index contributed by atoms with van der Waals surface area (Å²) in [7, 11) is 0. The molecule has 0 saturated heterocycles. The van der Waals surface area contributed by atoms with Crippen LogP contribution in [0.15, 0.2) is 35.6 Å². The Labute approximate surface area is 85.7 Å². The SMILES string of the molecule is NC(=O)[N+]1(N=C=O)C=Cc2ccccc21. The Morgan fingerprint density at radius 3 is 2.80 bits per heavy atom. The van der Waals surface area contributed by atoms with Crippen LogP contribution >= 0.6 is 0 Å². The molecule has 2 rings (SSSR count). The van der Waals surface area contributed by atoms with Crippen LogP contribution in [0.1, 0.15) is 5.56 Å². The van der Waals surface area contributed by atoms with Crippen LogP contribution in [0.2, 0.25) is 0 Å². The third-order valence-corrected chi connectivity index (χ3v) is 2.31. The second-order valence-corrected chi connectivity index (χ2v) is 3.09. The first-order valence-corrected chi connectivity index (χ1v) is 4.28. The number of nitrogens with two attached hydrogens (primary N) is 1. The molecule has 1 aliphatic heterocycles. The van der Waals surface area contributed by atoms with Gasteiger partial charge in [-0.3, -0.25) is 0 Å². The largest absolute Gasteiger partial charge is 0.451 e. The Hall–Kier alpha value is -2.23. The topological polar surface area (TPSA) is 72.5 Å². The fourth-order valence-corrected chi connectivity index (χ4v) is 1.60. The molecule has 0 fully saturated rings. The zero-order valence-electron chi connectivity index (χ0n) is 7.75. The number of isocyanates is 1. The van der Waals surface area contributed by atoms with E-state index in [1.54, 1.807) is 18.2 Å². The molecule has 1 aromatic rings. The number of fused-ring (bicyclic) bond motifs is 1. The molecule has 0 aromatic heterocycles. The van der Waals surface area contributed by atoms with Gasteiger partial charge in [0.25, 0.3) is 6.08 Å². The van der Waals surface area contributed by atoms with E-state index >= 15 is 0 Å². The highest BCUT2D eigenvalue weighted by molar-refractivity contribution is 5.93. The number of primary amides is 1. The van der Waals surface area contributed by atoms with Crippen LogP contribution < -0.4 is 10.3 Å². The molecular formula is C10H8N3O2+. The van der Waals surface area contributed by atoms with Gasteiger partial charge in [0.1, 0.15) is 6.20 Å². The summed E-state index contributed by atoms with van der Waals surface area (Å²) in [6.45, 7) is 0. The van der Waals surface area contributed by atoms with Crippen molar-refractivity contribution < 1.29 is 9.59 Å². The van der Waals surface area contributed by atoms with E-state index in [0.29, 0.717) is 5.69 Å². The molecule has 5 heteroatoms. The Kier molecular flexibility index (Phi) is 1.97. The Bertz CT molecular complexity index is 499. The maximum atomic E-state index is 11.3. The van der Waals surface area contributed by atoms with Gasteiger partial charge in [0.2, 0.25) is 0 Å². The normalized spacial score (nSPS) is 21.9. The molecule has 74 valence electrons. The van der Waals surface area contributed by atoms with E-state index in [0.717, 1.165) is 5.56 Å². The average Bonchev–Trinajstić information content (AvgIpc) is 2.60. The molecule has 1 aromatic carbocycles. The number of carbonyl (C=O) groups is 1. The van der Waals surface area contributed by atoms with Gasteiger partial charge in [-0.15, -0.1) is 0 Å². The van der Waals surface area contributed by atoms with Crippen LogP contribution in [0.3, 0.4) is 0 Å². The minimum atomic E-state index is -0.737. The van der Waals surface area contributed by atoms with E-state index in [2.05, 4.69) is 5.10 Å². The van der Waals surface area contributed by atoms with Crippen LogP contribution in [0.4, 0.5) is 10.5 Å². The number of nitrogens with zero attached hydrogens (tertiary/aromatic N) is 2. The Morgan fingerprint density at radius 1 is 1.40 bits per heavy atom. The highest BCUT2D eigenvalue weighted by Gasteiger charge is 2.42. The summed E-state index contributed by atoms with van der Waals surface area (Å²) < 4.78 is -0.639. The van der Waals surface area contributed by atoms with Crippen molar-refractivity contribution in [1.29, 1.82) is 0 Å². The van der Waals surface area contributed by atoms with E-state index in [4.69, 9.17) is 5.73 Å². The van der Waals surface area contributed by atoms with E-state index in [-0.39, 0.29) is 0 Å². The fraction of sp³-hybridized carbons (Fsp3) is 0. The number of hydrogen-bond donors (Lipinski definition) is 1. The summed E-state index contributed by atoms with van der Waals surface area (Å²) in [5, 5.41) is 3.47. The number of rotatable bonds is 1. The zero-order valence-corrected chi connectivity index (χ0v) is 7.75. The lowest BCUT2D eigenvalue weighted by Gasteiger charge is -2.17. The molecule has 2 N–H and O–H groups in total. The minimum Gasteiger partial charge on any atom is -0.316 e. The standard InChI is InChI=1S/C10H7N3O2/c11-10(15)13(12-7-14)6-5-8-3-1-2-4-9(8)13/h1-6H,(H-,11,15)/p+1. The lowest BCUT2D eigenvalue weighted by Crippen LogP contribution is -2.46. The first-order chi connectivity index (χ1) is 7.20. The summed E-state index contributed by atoms with van der Waals surface area (Å²) in [5.41, 5.74) is 6.62. The van der Waals surface area contributed by atoms with Gasteiger partial charge in [-0.2, -0.15) is 0 Å². The summed E-state index contributed by atoms with van der Waals surface area (Å²) in [6.07, 6.45) is 4.52. The van der Waals surface area contributed by atoms with Gasteiger partial charge < -0.3 is 5.73 Å². The number of benzene rings is 1. The Balaban J connectivity index is 2.69. The van der Waals surface area contributed by atoms with Crippen LogP contribution in [-0.2, 0) is 4.79 Å². The molecule has 0 radical (unpaired) electrons. The van der Waals surface area contributed by atoms with Crippen molar-refractivity contribution in [1.82, 2.24) is 4.59 Å². The van der Waals surface area contributed by atoms with E-state index < -0.39 is 10.6 Å². The van der Waals surface area contributed by atoms with E-state index in [1.165, 1.54) is 12.3 Å². The molecule has 15 heavy (non-hydrogen) atoms. The summed E-state index contributed by atoms with van der Waals surface area (Å²) in [5.74, 6) is 0. The molecule has 0 aliphatic carbocycles. The van der Waals surface area contributed by atoms with Gasteiger partial charge in [-0.1, -0.05) is 12.1 Å². The molecule has 1 heterocycles. The average molecular weight is 202 g/mol. The summed E-state index contributed by atoms with van der Waals surface area (Å²) in [4.78, 5) is 21.7.